The van der Waals surface area contributed by atoms with Crippen molar-refractivity contribution in [2.75, 3.05) is 39.9 Å². The Hall–Kier alpha value is -0.120. The van der Waals surface area contributed by atoms with E-state index in [0.717, 1.165) is 25.1 Å². The fourth-order valence-corrected chi connectivity index (χ4v) is 2.97. The van der Waals surface area contributed by atoms with Crippen LogP contribution in [0, 0.1) is 5.92 Å². The predicted octanol–water partition coefficient (Wildman–Crippen LogP) is 1.49. The van der Waals surface area contributed by atoms with Gasteiger partial charge in [0.25, 0.3) is 0 Å². The molecule has 1 aliphatic carbocycles. The fraction of sp³-hybridized carbons (Fsp3) is 1.00. The highest BCUT2D eigenvalue weighted by atomic mass is 16.5. The van der Waals surface area contributed by atoms with Crippen LogP contribution in [0.1, 0.15) is 32.1 Å². The van der Waals surface area contributed by atoms with Crippen molar-refractivity contribution in [1.29, 1.82) is 0 Å². The first-order valence-corrected chi connectivity index (χ1v) is 6.83. The molecular weight excluding hydrogens is 200 g/mol. The van der Waals surface area contributed by atoms with Crippen LogP contribution in [-0.4, -0.2) is 50.8 Å². The van der Waals surface area contributed by atoms with Crippen molar-refractivity contribution in [2.24, 2.45) is 5.92 Å². The van der Waals surface area contributed by atoms with Crippen molar-refractivity contribution in [2.45, 2.75) is 38.1 Å². The highest BCUT2D eigenvalue weighted by Gasteiger charge is 2.23. The Morgan fingerprint density at radius 1 is 1.25 bits per heavy atom. The molecule has 1 unspecified atom stereocenters. The second-order valence-corrected chi connectivity index (χ2v) is 5.34. The summed E-state index contributed by atoms with van der Waals surface area (Å²) in [6.07, 6.45) is 7.04. The number of hydrogen-bond acceptors (Lipinski definition) is 3. The predicted molar refractivity (Wildman–Crippen MR) is 66.7 cm³/mol. The highest BCUT2D eigenvalue weighted by molar-refractivity contribution is 4.80. The molecular formula is C13H26N2O. The summed E-state index contributed by atoms with van der Waals surface area (Å²) in [6, 6.07) is 0.827. The summed E-state index contributed by atoms with van der Waals surface area (Å²) >= 11 is 0. The summed E-state index contributed by atoms with van der Waals surface area (Å²) in [5.41, 5.74) is 0. The van der Waals surface area contributed by atoms with Gasteiger partial charge in [0.1, 0.15) is 0 Å². The number of nitrogens with zero attached hydrogens (tertiary/aromatic N) is 1. The third-order valence-corrected chi connectivity index (χ3v) is 4.03. The van der Waals surface area contributed by atoms with E-state index < -0.39 is 0 Å². The lowest BCUT2D eigenvalue weighted by Crippen LogP contribution is -2.33. The van der Waals surface area contributed by atoms with Crippen LogP contribution in [-0.2, 0) is 4.74 Å². The molecule has 1 heterocycles. The maximum absolute atomic E-state index is 5.12. The molecule has 0 aromatic carbocycles. The quantitative estimate of drug-likeness (QED) is 0.742. The second kappa shape index (κ2) is 6.58. The molecule has 3 heteroatoms. The van der Waals surface area contributed by atoms with E-state index in [9.17, 15) is 0 Å². The van der Waals surface area contributed by atoms with Gasteiger partial charge in [-0.3, -0.25) is 0 Å². The average Bonchev–Trinajstić information content (AvgIpc) is 2.95. The first-order valence-electron chi connectivity index (χ1n) is 6.83. The van der Waals surface area contributed by atoms with Gasteiger partial charge in [0.05, 0.1) is 6.61 Å². The van der Waals surface area contributed by atoms with Gasteiger partial charge >= 0.3 is 0 Å². The van der Waals surface area contributed by atoms with Gasteiger partial charge in [0.2, 0.25) is 0 Å². The van der Waals surface area contributed by atoms with Crippen molar-refractivity contribution < 1.29 is 4.74 Å². The highest BCUT2D eigenvalue weighted by Crippen LogP contribution is 2.19. The Labute approximate surface area is 99.5 Å². The van der Waals surface area contributed by atoms with E-state index in [4.69, 9.17) is 4.74 Å². The number of nitrogens with one attached hydrogen (secondary N) is 1. The molecule has 0 aromatic heterocycles. The third kappa shape index (κ3) is 3.72. The van der Waals surface area contributed by atoms with Gasteiger partial charge in [-0.05, 0) is 38.3 Å². The number of likely N-dealkylation sites (tertiary alicyclic amines) is 1. The van der Waals surface area contributed by atoms with Gasteiger partial charge in [0, 0.05) is 26.2 Å². The minimum absolute atomic E-state index is 0.827. The van der Waals surface area contributed by atoms with Crippen molar-refractivity contribution in [3.63, 3.8) is 0 Å². The summed E-state index contributed by atoms with van der Waals surface area (Å²) in [4.78, 5) is 2.53. The summed E-state index contributed by atoms with van der Waals surface area (Å²) in [5.74, 6) is 0.873. The minimum atomic E-state index is 0.827. The molecule has 16 heavy (non-hydrogen) atoms. The zero-order valence-electron chi connectivity index (χ0n) is 10.6. The second-order valence-electron chi connectivity index (χ2n) is 5.34. The van der Waals surface area contributed by atoms with E-state index in [1.54, 1.807) is 7.11 Å². The van der Waals surface area contributed by atoms with Gasteiger partial charge in [-0.25, -0.2) is 0 Å². The van der Waals surface area contributed by atoms with Crippen LogP contribution in [0.4, 0.5) is 0 Å². The maximum atomic E-state index is 5.12. The van der Waals surface area contributed by atoms with Crippen molar-refractivity contribution in [1.82, 2.24) is 10.2 Å². The van der Waals surface area contributed by atoms with E-state index in [2.05, 4.69) is 10.2 Å². The van der Waals surface area contributed by atoms with Crippen molar-refractivity contribution >= 4 is 0 Å². The molecule has 1 aliphatic heterocycles. The molecule has 0 spiro atoms. The summed E-state index contributed by atoms with van der Waals surface area (Å²) in [6.45, 7) is 5.75. The Balaban J connectivity index is 1.57. The number of rotatable bonds is 6. The van der Waals surface area contributed by atoms with Crippen LogP contribution < -0.4 is 5.32 Å². The van der Waals surface area contributed by atoms with Crippen LogP contribution >= 0.6 is 0 Å². The van der Waals surface area contributed by atoms with E-state index in [-0.39, 0.29) is 0 Å². The minimum Gasteiger partial charge on any atom is -0.383 e. The molecule has 1 saturated heterocycles. The molecule has 2 fully saturated rings. The molecule has 1 N–H and O–H groups in total. The summed E-state index contributed by atoms with van der Waals surface area (Å²) in [5, 5.41) is 3.74. The first-order chi connectivity index (χ1) is 7.88. The van der Waals surface area contributed by atoms with Crippen LogP contribution in [0.2, 0.25) is 0 Å². The normalized spacial score (nSPS) is 27.9. The molecule has 3 nitrogen and oxygen atoms in total. The number of methoxy groups -OCH3 is 1. The molecule has 1 saturated carbocycles. The van der Waals surface area contributed by atoms with Gasteiger partial charge in [0.15, 0.2) is 0 Å². The first kappa shape index (κ1) is 12.3. The zero-order valence-corrected chi connectivity index (χ0v) is 10.6. The summed E-state index contributed by atoms with van der Waals surface area (Å²) in [7, 11) is 1.79. The van der Waals surface area contributed by atoms with Crippen LogP contribution in [0.25, 0.3) is 0 Å². The lowest BCUT2D eigenvalue weighted by Gasteiger charge is -2.17. The van der Waals surface area contributed by atoms with Crippen LogP contribution in [0.3, 0.4) is 0 Å². The molecule has 0 aromatic rings. The van der Waals surface area contributed by atoms with Gasteiger partial charge < -0.3 is 15.0 Å². The topological polar surface area (TPSA) is 24.5 Å². The zero-order chi connectivity index (χ0) is 11.2. The fourth-order valence-electron chi connectivity index (χ4n) is 2.97. The lowest BCUT2D eigenvalue weighted by atomic mass is 10.1. The smallest absolute Gasteiger partial charge is 0.0589 e. The van der Waals surface area contributed by atoms with Crippen LogP contribution in [0.15, 0.2) is 0 Å². The monoisotopic (exact) mass is 226 g/mol. The molecule has 0 radical (unpaired) electrons. The largest absolute Gasteiger partial charge is 0.383 e. The van der Waals surface area contributed by atoms with E-state index in [0.29, 0.717) is 0 Å². The van der Waals surface area contributed by atoms with E-state index in [1.165, 1.54) is 51.7 Å². The number of hydrogen-bond donors (Lipinski definition) is 1. The van der Waals surface area contributed by atoms with Crippen LogP contribution in [0.5, 0.6) is 0 Å². The lowest BCUT2D eigenvalue weighted by molar-refractivity contribution is 0.158. The Kier molecular flexibility index (Phi) is 5.07. The third-order valence-electron chi connectivity index (χ3n) is 4.03. The van der Waals surface area contributed by atoms with E-state index in [1.807, 2.05) is 0 Å². The molecule has 0 amide bonds. The van der Waals surface area contributed by atoms with Gasteiger partial charge in [-0.1, -0.05) is 12.8 Å². The van der Waals surface area contributed by atoms with E-state index >= 15 is 0 Å². The molecule has 2 aliphatic rings. The molecule has 1 atom stereocenters. The average molecular weight is 226 g/mol. The van der Waals surface area contributed by atoms with Crippen molar-refractivity contribution in [3.8, 4) is 0 Å². The number of ether oxygens (including phenoxy) is 1. The Morgan fingerprint density at radius 3 is 2.81 bits per heavy atom. The molecule has 0 bridgehead atoms. The standard InChI is InChI=1S/C13H26N2O/c1-16-9-8-15-7-6-12(11-15)10-14-13-4-2-3-5-13/h12-14H,2-11H2,1H3. The molecule has 94 valence electrons. The van der Waals surface area contributed by atoms with Gasteiger partial charge in [-0.15, -0.1) is 0 Å². The molecule has 2 rings (SSSR count). The SMILES string of the molecule is COCCN1CCC(CNC2CCCC2)C1. The Morgan fingerprint density at radius 2 is 2.06 bits per heavy atom. The van der Waals surface area contributed by atoms with Crippen molar-refractivity contribution in [3.05, 3.63) is 0 Å². The Bertz CT molecular complexity index is 192. The maximum Gasteiger partial charge on any atom is 0.0589 e. The summed E-state index contributed by atoms with van der Waals surface area (Å²) < 4.78 is 5.12. The van der Waals surface area contributed by atoms with Gasteiger partial charge in [-0.2, -0.15) is 0 Å².